The molecule has 0 saturated carbocycles. The van der Waals surface area contributed by atoms with Crippen LogP contribution in [0.3, 0.4) is 0 Å². The third kappa shape index (κ3) is 3.32. The van der Waals surface area contributed by atoms with Crippen LogP contribution in [-0.2, 0) is 10.0 Å². The highest BCUT2D eigenvalue weighted by atomic mass is 32.2. The molecule has 20 heavy (non-hydrogen) atoms. The first-order valence-electron chi connectivity index (χ1n) is 6.02. The topological polar surface area (TPSA) is 98.2 Å². The minimum absolute atomic E-state index is 0.0323. The normalized spacial score (nSPS) is 15.4. The van der Waals surface area contributed by atoms with E-state index in [-0.39, 0.29) is 11.1 Å². The third-order valence-corrected chi connectivity index (χ3v) is 4.57. The summed E-state index contributed by atoms with van der Waals surface area (Å²) < 4.78 is 27.8. The summed E-state index contributed by atoms with van der Waals surface area (Å²) in [7, 11) is -3.83. The van der Waals surface area contributed by atoms with Crippen LogP contribution in [0.25, 0.3) is 11.0 Å². The van der Waals surface area contributed by atoms with Crippen molar-refractivity contribution < 1.29 is 12.8 Å². The van der Waals surface area contributed by atoms with Crippen molar-refractivity contribution in [2.45, 2.75) is 30.4 Å². The van der Waals surface area contributed by atoms with Crippen LogP contribution in [0.2, 0.25) is 0 Å². The van der Waals surface area contributed by atoms with E-state index < -0.39 is 10.0 Å². The highest BCUT2D eigenvalue weighted by Crippen LogP contribution is 2.24. The van der Waals surface area contributed by atoms with Crippen molar-refractivity contribution in [1.29, 1.82) is 0 Å². The summed E-state index contributed by atoms with van der Waals surface area (Å²) in [4.78, 5) is 4.32. The first kappa shape index (κ1) is 15.3. The van der Waals surface area contributed by atoms with Crippen LogP contribution in [0.4, 0.5) is 0 Å². The molecule has 110 valence electrons. The van der Waals surface area contributed by atoms with Gasteiger partial charge in [0.05, 0.1) is 11.1 Å². The molecule has 0 aliphatic heterocycles. The molecule has 8 heteroatoms. The maximum atomic E-state index is 11.3. The number of rotatable bonds is 5. The van der Waals surface area contributed by atoms with E-state index in [1.54, 1.807) is 24.0 Å². The van der Waals surface area contributed by atoms with Crippen LogP contribution in [-0.4, -0.2) is 25.0 Å². The van der Waals surface area contributed by atoms with E-state index in [9.17, 15) is 8.42 Å². The maximum absolute atomic E-state index is 11.3. The van der Waals surface area contributed by atoms with Crippen LogP contribution in [0.5, 0.6) is 0 Å². The summed E-state index contributed by atoms with van der Waals surface area (Å²) >= 11 is 1.70. The third-order valence-electron chi connectivity index (χ3n) is 2.96. The van der Waals surface area contributed by atoms with E-state index >= 15 is 0 Å². The highest BCUT2D eigenvalue weighted by molar-refractivity contribution is 7.99. The van der Waals surface area contributed by atoms with Gasteiger partial charge in [-0.05, 0) is 20.1 Å². The fraction of sp³-hybridized carbons (Fsp3) is 0.417. The molecule has 2 heterocycles. The van der Waals surface area contributed by atoms with Crippen LogP contribution in [0, 0.1) is 0 Å². The number of nitrogens with two attached hydrogens (primary N) is 1. The number of aromatic nitrogens is 1. The van der Waals surface area contributed by atoms with Gasteiger partial charge in [-0.25, -0.2) is 13.6 Å². The Bertz CT molecular complexity index is 712. The molecular weight excluding hydrogens is 298 g/mol. The molecule has 0 aromatic carbocycles. The Hall–Kier alpha value is -1.09. The van der Waals surface area contributed by atoms with Gasteiger partial charge in [-0.1, -0.05) is 0 Å². The second-order valence-corrected chi connectivity index (χ2v) is 7.19. The summed E-state index contributed by atoms with van der Waals surface area (Å²) in [5, 5.41) is 9.07. The summed E-state index contributed by atoms with van der Waals surface area (Å²) in [6.45, 7) is 4.05. The van der Waals surface area contributed by atoms with Gasteiger partial charge in [-0.3, -0.25) is 10.3 Å². The number of hydrogen-bond donors (Lipinski definition) is 2. The standard InChI is InChI=1S/C12H17N3O3S2/c1-7(15-8(2)19-3)10-5-11-9(6-14-10)4-12(18-11)20(13,16)17/h4-8,15H,1-3H3,(H2,13,16,17). The lowest BCUT2D eigenvalue weighted by Gasteiger charge is -2.17. The molecule has 0 bridgehead atoms. The van der Waals surface area contributed by atoms with E-state index in [1.807, 2.05) is 13.2 Å². The lowest BCUT2D eigenvalue weighted by atomic mass is 10.2. The van der Waals surface area contributed by atoms with Gasteiger partial charge in [0.2, 0.25) is 5.09 Å². The number of thioether (sulfide) groups is 1. The van der Waals surface area contributed by atoms with Gasteiger partial charge in [0.25, 0.3) is 10.0 Å². The first-order valence-corrected chi connectivity index (χ1v) is 8.86. The number of primary sulfonamides is 1. The van der Waals surface area contributed by atoms with Crippen molar-refractivity contribution in [2.75, 3.05) is 6.26 Å². The number of pyridine rings is 1. The van der Waals surface area contributed by atoms with Crippen molar-refractivity contribution >= 4 is 32.8 Å². The molecule has 0 aliphatic carbocycles. The predicted octanol–water partition coefficient (Wildman–Crippen LogP) is 1.83. The average molecular weight is 315 g/mol. The van der Waals surface area contributed by atoms with Crippen molar-refractivity contribution in [3.63, 3.8) is 0 Å². The smallest absolute Gasteiger partial charge is 0.271 e. The highest BCUT2D eigenvalue weighted by Gasteiger charge is 2.16. The Morgan fingerprint density at radius 2 is 2.10 bits per heavy atom. The second kappa shape index (κ2) is 5.72. The van der Waals surface area contributed by atoms with E-state index in [4.69, 9.17) is 9.56 Å². The fourth-order valence-electron chi connectivity index (χ4n) is 1.81. The van der Waals surface area contributed by atoms with Crippen molar-refractivity contribution in [3.05, 3.63) is 24.0 Å². The van der Waals surface area contributed by atoms with E-state index in [0.29, 0.717) is 16.3 Å². The van der Waals surface area contributed by atoms with Crippen molar-refractivity contribution in [1.82, 2.24) is 10.3 Å². The van der Waals surface area contributed by atoms with E-state index in [0.717, 1.165) is 5.69 Å². The number of sulfonamides is 1. The molecular formula is C12H17N3O3S2. The molecule has 0 spiro atoms. The zero-order valence-corrected chi connectivity index (χ0v) is 13.1. The summed E-state index contributed by atoms with van der Waals surface area (Å²) in [5.74, 6) is 0. The molecule has 2 rings (SSSR count). The molecule has 0 amide bonds. The zero-order valence-electron chi connectivity index (χ0n) is 11.5. The van der Waals surface area contributed by atoms with Gasteiger partial charge in [-0.2, -0.15) is 0 Å². The summed E-state index contributed by atoms with van der Waals surface area (Å²) in [6, 6.07) is 3.14. The largest absolute Gasteiger partial charge is 0.443 e. The van der Waals surface area contributed by atoms with Crippen molar-refractivity contribution in [2.24, 2.45) is 5.14 Å². The molecule has 0 fully saturated rings. The molecule has 2 atom stereocenters. The predicted molar refractivity (Wildman–Crippen MR) is 79.9 cm³/mol. The minimum atomic E-state index is -3.83. The van der Waals surface area contributed by atoms with Gasteiger partial charge in [0.1, 0.15) is 5.58 Å². The van der Waals surface area contributed by atoms with Gasteiger partial charge >= 0.3 is 0 Å². The Balaban J connectivity index is 2.34. The van der Waals surface area contributed by atoms with Crippen LogP contribution < -0.4 is 10.5 Å². The van der Waals surface area contributed by atoms with Gasteiger partial charge < -0.3 is 4.42 Å². The number of nitrogens with zero attached hydrogens (tertiary/aromatic N) is 1. The first-order chi connectivity index (χ1) is 9.31. The molecule has 2 aromatic heterocycles. The number of hydrogen-bond acceptors (Lipinski definition) is 6. The summed E-state index contributed by atoms with van der Waals surface area (Å²) in [5.41, 5.74) is 1.25. The van der Waals surface area contributed by atoms with Gasteiger partial charge in [0, 0.05) is 29.8 Å². The second-order valence-electron chi connectivity index (χ2n) is 4.52. The van der Waals surface area contributed by atoms with Crippen LogP contribution >= 0.6 is 11.8 Å². The molecule has 0 saturated heterocycles. The molecule has 0 aliphatic rings. The zero-order chi connectivity index (χ0) is 14.9. The van der Waals surface area contributed by atoms with Gasteiger partial charge in [-0.15, -0.1) is 11.8 Å². The minimum Gasteiger partial charge on any atom is -0.443 e. The van der Waals surface area contributed by atoms with Crippen molar-refractivity contribution in [3.8, 4) is 0 Å². The Kier molecular flexibility index (Phi) is 4.38. The maximum Gasteiger partial charge on any atom is 0.271 e. The Morgan fingerprint density at radius 1 is 1.40 bits per heavy atom. The average Bonchev–Trinajstić information content (AvgIpc) is 2.81. The van der Waals surface area contributed by atoms with E-state index in [1.165, 1.54) is 6.07 Å². The molecule has 3 N–H and O–H groups in total. The van der Waals surface area contributed by atoms with Crippen LogP contribution in [0.15, 0.2) is 27.8 Å². The number of furan rings is 1. The SMILES string of the molecule is CSC(C)NC(C)c1cc2oc(S(N)(=O)=O)cc2cn1. The lowest BCUT2D eigenvalue weighted by molar-refractivity contribution is 0.481. The lowest BCUT2D eigenvalue weighted by Crippen LogP contribution is -2.26. The molecule has 2 unspecified atom stereocenters. The number of fused-ring (bicyclic) bond motifs is 1. The Morgan fingerprint density at radius 3 is 2.70 bits per heavy atom. The quantitative estimate of drug-likeness (QED) is 0.817. The molecule has 0 radical (unpaired) electrons. The number of nitrogens with one attached hydrogen (secondary N) is 1. The molecule has 2 aromatic rings. The fourth-order valence-corrected chi connectivity index (χ4v) is 2.64. The Labute approximate surface area is 122 Å². The van der Waals surface area contributed by atoms with E-state index in [2.05, 4.69) is 17.2 Å². The monoisotopic (exact) mass is 315 g/mol. The summed E-state index contributed by atoms with van der Waals surface area (Å²) in [6.07, 6.45) is 3.61. The molecule has 6 nitrogen and oxygen atoms in total. The van der Waals surface area contributed by atoms with Gasteiger partial charge in [0.15, 0.2) is 0 Å². The van der Waals surface area contributed by atoms with Crippen LogP contribution in [0.1, 0.15) is 25.6 Å².